The maximum absolute atomic E-state index is 12.3. The summed E-state index contributed by atoms with van der Waals surface area (Å²) in [7, 11) is 0. The van der Waals surface area contributed by atoms with Crippen LogP contribution >= 0.6 is 23.2 Å². The maximum Gasteiger partial charge on any atom is 0.469 e. The zero-order valence-electron chi connectivity index (χ0n) is 13.1. The van der Waals surface area contributed by atoms with Crippen molar-refractivity contribution in [2.45, 2.75) is 6.18 Å². The van der Waals surface area contributed by atoms with Crippen molar-refractivity contribution < 1.29 is 27.5 Å². The molecule has 0 fully saturated rings. The number of alkyl halides is 3. The van der Waals surface area contributed by atoms with E-state index in [1.54, 1.807) is 6.07 Å². The number of nitrogens with two attached hydrogens (primary N) is 1. The smallest absolute Gasteiger partial charge is 0.469 e. The molecule has 0 spiro atoms. The largest absolute Gasteiger partial charge is 0.478 e. The minimum atomic E-state index is -4.80. The highest BCUT2D eigenvalue weighted by Gasteiger charge is 2.37. The van der Waals surface area contributed by atoms with Gasteiger partial charge in [0.1, 0.15) is 10.9 Å². The summed E-state index contributed by atoms with van der Waals surface area (Å²) < 4.78 is 40.9. The molecule has 27 heavy (non-hydrogen) atoms. The minimum absolute atomic E-state index is 0.00692. The lowest BCUT2D eigenvalue weighted by atomic mass is 10.2. The third kappa shape index (κ3) is 4.69. The Morgan fingerprint density at radius 2 is 1.70 bits per heavy atom. The topological polar surface area (TPSA) is 106 Å². The van der Waals surface area contributed by atoms with Gasteiger partial charge < -0.3 is 15.3 Å². The van der Waals surface area contributed by atoms with Crippen molar-refractivity contribution in [3.63, 3.8) is 0 Å². The molecule has 11 heteroatoms. The van der Waals surface area contributed by atoms with Crippen LogP contribution in [0.3, 0.4) is 0 Å². The first-order valence-electron chi connectivity index (χ1n) is 6.96. The molecule has 3 aromatic rings. The van der Waals surface area contributed by atoms with Crippen molar-refractivity contribution >= 4 is 45.8 Å². The molecule has 142 valence electrons. The first kappa shape index (κ1) is 20.5. The quantitative estimate of drug-likeness (QED) is 0.562. The molecule has 0 aliphatic rings. The first-order valence-corrected chi connectivity index (χ1v) is 7.71. The Balaban J connectivity index is 0.000000208. The number of halogens is 5. The van der Waals surface area contributed by atoms with E-state index < -0.39 is 23.7 Å². The van der Waals surface area contributed by atoms with E-state index in [1.807, 2.05) is 0 Å². The SMILES string of the molecule is Nc1cccc(Cl)c1C(=O)O.O=c1oc(C(F)(F)F)nc2cccc(Cl)c12. The zero-order chi connectivity index (χ0) is 20.4. The first-order chi connectivity index (χ1) is 12.5. The zero-order valence-corrected chi connectivity index (χ0v) is 14.6. The van der Waals surface area contributed by atoms with Crippen molar-refractivity contribution in [1.29, 1.82) is 0 Å². The van der Waals surface area contributed by atoms with E-state index in [-0.39, 0.29) is 32.2 Å². The normalized spacial score (nSPS) is 11.0. The predicted molar refractivity (Wildman–Crippen MR) is 93.1 cm³/mol. The number of hydrogen-bond acceptors (Lipinski definition) is 5. The van der Waals surface area contributed by atoms with E-state index in [9.17, 15) is 22.8 Å². The molecule has 0 unspecified atom stereocenters. The molecule has 0 saturated heterocycles. The van der Waals surface area contributed by atoms with Crippen LogP contribution in [-0.2, 0) is 6.18 Å². The van der Waals surface area contributed by atoms with Crippen LogP contribution in [0.2, 0.25) is 10.0 Å². The van der Waals surface area contributed by atoms with Gasteiger partial charge in [0.15, 0.2) is 0 Å². The van der Waals surface area contributed by atoms with Gasteiger partial charge in [-0.1, -0.05) is 35.3 Å². The third-order valence-corrected chi connectivity index (χ3v) is 3.74. The van der Waals surface area contributed by atoms with E-state index in [1.165, 1.54) is 30.3 Å². The Hall–Kier alpha value is -2.78. The van der Waals surface area contributed by atoms with E-state index in [2.05, 4.69) is 9.40 Å². The Morgan fingerprint density at radius 1 is 1.11 bits per heavy atom. The number of rotatable bonds is 1. The standard InChI is InChI=1S/C9H3ClF3NO2.C7H6ClNO2/c10-4-2-1-3-5-6(4)7(15)16-8(14-5)9(11,12)13;8-4-2-1-3-5(9)6(4)7(10)11/h1-3H;1-3H,9H2,(H,10,11). The van der Waals surface area contributed by atoms with E-state index >= 15 is 0 Å². The highest BCUT2D eigenvalue weighted by molar-refractivity contribution is 6.35. The molecule has 6 nitrogen and oxygen atoms in total. The number of aromatic nitrogens is 1. The maximum atomic E-state index is 12.3. The van der Waals surface area contributed by atoms with E-state index in [4.69, 9.17) is 34.0 Å². The fourth-order valence-electron chi connectivity index (χ4n) is 1.97. The van der Waals surface area contributed by atoms with Crippen molar-refractivity contribution in [1.82, 2.24) is 4.98 Å². The van der Waals surface area contributed by atoms with Crippen molar-refractivity contribution in [2.24, 2.45) is 0 Å². The second-order valence-corrected chi connectivity index (χ2v) is 5.76. The number of anilines is 1. The number of carboxylic acids is 1. The molecule has 3 N–H and O–H groups in total. The number of nitrogen functional groups attached to an aromatic ring is 1. The molecule has 0 aliphatic heterocycles. The van der Waals surface area contributed by atoms with Crippen LogP contribution in [0.15, 0.2) is 45.6 Å². The van der Waals surface area contributed by atoms with Crippen LogP contribution in [0, 0.1) is 0 Å². The van der Waals surface area contributed by atoms with E-state index in [0.717, 1.165) is 0 Å². The number of aromatic carboxylic acids is 1. The van der Waals surface area contributed by atoms with Gasteiger partial charge in [0.2, 0.25) is 0 Å². The van der Waals surface area contributed by atoms with Crippen molar-refractivity contribution in [3.8, 4) is 0 Å². The lowest BCUT2D eigenvalue weighted by Gasteiger charge is -2.04. The predicted octanol–water partition coefficient (Wildman–Crippen LogP) is 4.48. The van der Waals surface area contributed by atoms with Crippen LogP contribution in [0.1, 0.15) is 16.2 Å². The van der Waals surface area contributed by atoms with Crippen LogP contribution < -0.4 is 11.4 Å². The van der Waals surface area contributed by atoms with Gasteiger partial charge in [0.25, 0.3) is 0 Å². The van der Waals surface area contributed by atoms with Gasteiger partial charge >= 0.3 is 23.7 Å². The minimum Gasteiger partial charge on any atom is -0.478 e. The Labute approximate surface area is 158 Å². The fourth-order valence-corrected chi connectivity index (χ4v) is 2.48. The molecule has 2 aromatic carbocycles. The number of carbonyl (C=O) groups is 1. The molecule has 0 aliphatic carbocycles. The van der Waals surface area contributed by atoms with Gasteiger partial charge in [0, 0.05) is 5.69 Å². The summed E-state index contributed by atoms with van der Waals surface area (Å²) in [5, 5.41) is 8.60. The Morgan fingerprint density at radius 3 is 2.22 bits per heavy atom. The average Bonchev–Trinajstić information content (AvgIpc) is 2.54. The monoisotopic (exact) mass is 420 g/mol. The lowest BCUT2D eigenvalue weighted by Crippen LogP contribution is -2.14. The van der Waals surface area contributed by atoms with Gasteiger partial charge in [-0.25, -0.2) is 14.6 Å². The molecule has 1 aromatic heterocycles. The van der Waals surface area contributed by atoms with Crippen LogP contribution in [0.25, 0.3) is 10.9 Å². The number of nitrogens with zero attached hydrogens (tertiary/aromatic N) is 1. The molecule has 1 heterocycles. The summed E-state index contributed by atoms with van der Waals surface area (Å²) in [6, 6.07) is 8.61. The molecule has 0 amide bonds. The van der Waals surface area contributed by atoms with Crippen LogP contribution in [0.5, 0.6) is 0 Å². The second kappa shape index (κ2) is 7.85. The number of benzene rings is 2. The Bertz CT molecular complexity index is 1050. The van der Waals surface area contributed by atoms with Crippen molar-refractivity contribution in [2.75, 3.05) is 5.73 Å². The Kier molecular flexibility index (Phi) is 5.97. The van der Waals surface area contributed by atoms with Crippen LogP contribution in [-0.4, -0.2) is 16.1 Å². The molecular weight excluding hydrogens is 412 g/mol. The molecular formula is C16H9Cl2F3N2O4. The van der Waals surface area contributed by atoms with Crippen LogP contribution in [0.4, 0.5) is 18.9 Å². The molecule has 0 bridgehead atoms. The van der Waals surface area contributed by atoms with Gasteiger partial charge in [-0.05, 0) is 24.3 Å². The molecule has 0 radical (unpaired) electrons. The number of fused-ring (bicyclic) bond motifs is 1. The molecule has 0 saturated carbocycles. The van der Waals surface area contributed by atoms with Gasteiger partial charge in [-0.2, -0.15) is 13.2 Å². The van der Waals surface area contributed by atoms with Gasteiger partial charge in [-0.15, -0.1) is 0 Å². The number of hydrogen-bond donors (Lipinski definition) is 2. The summed E-state index contributed by atoms with van der Waals surface area (Å²) in [4.78, 5) is 24.9. The fraction of sp³-hybridized carbons (Fsp3) is 0.0625. The highest BCUT2D eigenvalue weighted by atomic mass is 35.5. The summed E-state index contributed by atoms with van der Waals surface area (Å²) >= 11 is 11.2. The summed E-state index contributed by atoms with van der Waals surface area (Å²) in [6.45, 7) is 0. The molecule has 0 atom stereocenters. The summed E-state index contributed by atoms with van der Waals surface area (Å²) in [5.41, 5.74) is 4.22. The third-order valence-electron chi connectivity index (χ3n) is 3.11. The highest BCUT2D eigenvalue weighted by Crippen LogP contribution is 2.28. The lowest BCUT2D eigenvalue weighted by molar-refractivity contribution is -0.158. The summed E-state index contributed by atoms with van der Waals surface area (Å²) in [6.07, 6.45) is -4.80. The number of carboxylic acid groups (broad SMARTS) is 1. The molecule has 3 rings (SSSR count). The van der Waals surface area contributed by atoms with Gasteiger partial charge in [0.05, 0.1) is 15.6 Å². The van der Waals surface area contributed by atoms with Crippen molar-refractivity contribution in [3.05, 3.63) is 68.3 Å². The van der Waals surface area contributed by atoms with E-state index in [0.29, 0.717) is 0 Å². The summed E-state index contributed by atoms with van der Waals surface area (Å²) in [5.74, 6) is -2.68. The average molecular weight is 421 g/mol. The second-order valence-electron chi connectivity index (χ2n) is 4.95. The van der Waals surface area contributed by atoms with Gasteiger partial charge in [-0.3, -0.25) is 0 Å².